The van der Waals surface area contributed by atoms with E-state index in [-0.39, 0.29) is 5.24 Å². The molecular weight excluding hydrogens is 268 g/mol. The zero-order chi connectivity index (χ0) is 14.9. The number of allylic oxidation sites excluding steroid dienone is 2. The summed E-state index contributed by atoms with van der Waals surface area (Å²) < 4.78 is 0. The van der Waals surface area contributed by atoms with Crippen molar-refractivity contribution in [2.24, 2.45) is 0 Å². The van der Waals surface area contributed by atoms with Gasteiger partial charge in [0.15, 0.2) is 0 Å². The predicted octanol–water partition coefficient (Wildman–Crippen LogP) is 6.79. The predicted molar refractivity (Wildman–Crippen MR) is 90.3 cm³/mol. The molecule has 0 N–H and O–H groups in total. The number of carbonyl (C=O) groups is 1. The van der Waals surface area contributed by atoms with Gasteiger partial charge in [0.05, 0.1) is 0 Å². The van der Waals surface area contributed by atoms with Gasteiger partial charge in [0, 0.05) is 6.42 Å². The standard InChI is InChI=1S/C18H33ClO/c1-2-3-4-5-6-7-8-9-10-11-12-13-14-15-16-17-18(19)20/h4-5H,2-3,6-17H2,1H3/b5-4+. The first kappa shape index (κ1) is 19.7. The van der Waals surface area contributed by atoms with Gasteiger partial charge < -0.3 is 0 Å². The lowest BCUT2D eigenvalue weighted by Gasteiger charge is -2.01. The number of unbranched alkanes of at least 4 members (excludes halogenated alkanes) is 11. The highest BCUT2D eigenvalue weighted by molar-refractivity contribution is 6.63. The van der Waals surface area contributed by atoms with Gasteiger partial charge in [-0.3, -0.25) is 4.79 Å². The molecule has 0 saturated heterocycles. The molecular formula is C18H33ClO. The van der Waals surface area contributed by atoms with Gasteiger partial charge in [-0.2, -0.15) is 0 Å². The normalized spacial score (nSPS) is 11.3. The van der Waals surface area contributed by atoms with Gasteiger partial charge in [0.25, 0.3) is 0 Å². The molecule has 0 fully saturated rings. The van der Waals surface area contributed by atoms with E-state index in [0.717, 1.165) is 12.8 Å². The van der Waals surface area contributed by atoms with E-state index in [4.69, 9.17) is 11.6 Å². The van der Waals surface area contributed by atoms with E-state index in [1.165, 1.54) is 70.6 Å². The summed E-state index contributed by atoms with van der Waals surface area (Å²) in [4.78, 5) is 10.5. The fourth-order valence-corrected chi connectivity index (χ4v) is 2.48. The van der Waals surface area contributed by atoms with Crippen LogP contribution >= 0.6 is 11.6 Å². The maximum atomic E-state index is 10.5. The van der Waals surface area contributed by atoms with Crippen molar-refractivity contribution in [3.8, 4) is 0 Å². The Labute approximate surface area is 131 Å². The molecule has 0 spiro atoms. The van der Waals surface area contributed by atoms with E-state index in [0.29, 0.717) is 6.42 Å². The highest BCUT2D eigenvalue weighted by Crippen LogP contribution is 2.12. The maximum Gasteiger partial charge on any atom is 0.221 e. The molecule has 20 heavy (non-hydrogen) atoms. The van der Waals surface area contributed by atoms with Gasteiger partial charge in [0.1, 0.15) is 0 Å². The Hall–Kier alpha value is -0.300. The van der Waals surface area contributed by atoms with Gasteiger partial charge in [-0.05, 0) is 37.3 Å². The first-order valence-electron chi connectivity index (χ1n) is 8.60. The van der Waals surface area contributed by atoms with Gasteiger partial charge in [-0.15, -0.1) is 0 Å². The van der Waals surface area contributed by atoms with Crippen LogP contribution in [-0.2, 0) is 4.79 Å². The number of carbonyl (C=O) groups excluding carboxylic acids is 1. The fourth-order valence-electron chi connectivity index (χ4n) is 2.34. The van der Waals surface area contributed by atoms with E-state index < -0.39 is 0 Å². The summed E-state index contributed by atoms with van der Waals surface area (Å²) >= 11 is 5.29. The van der Waals surface area contributed by atoms with Crippen LogP contribution in [0.4, 0.5) is 0 Å². The SMILES string of the molecule is CCC/C=C/CCCCCCCCCCCCC(=O)Cl. The molecule has 0 amide bonds. The van der Waals surface area contributed by atoms with Crippen LogP contribution in [0.3, 0.4) is 0 Å². The largest absolute Gasteiger partial charge is 0.281 e. The molecule has 0 bridgehead atoms. The second-order valence-corrected chi connectivity index (χ2v) is 6.11. The summed E-state index contributed by atoms with van der Waals surface area (Å²) in [7, 11) is 0. The molecule has 0 radical (unpaired) electrons. The van der Waals surface area contributed by atoms with Crippen LogP contribution in [0.15, 0.2) is 12.2 Å². The molecule has 118 valence electrons. The van der Waals surface area contributed by atoms with Crippen LogP contribution < -0.4 is 0 Å². The molecule has 1 nitrogen and oxygen atoms in total. The molecule has 0 atom stereocenters. The van der Waals surface area contributed by atoms with Crippen LogP contribution in [0.2, 0.25) is 0 Å². The summed E-state index contributed by atoms with van der Waals surface area (Å²) in [5.41, 5.74) is 0. The summed E-state index contributed by atoms with van der Waals surface area (Å²) in [5.74, 6) is 0. The van der Waals surface area contributed by atoms with Crippen molar-refractivity contribution in [2.75, 3.05) is 0 Å². The zero-order valence-electron chi connectivity index (χ0n) is 13.3. The second-order valence-electron chi connectivity index (χ2n) is 5.69. The van der Waals surface area contributed by atoms with Crippen LogP contribution in [0, 0.1) is 0 Å². The lowest BCUT2D eigenvalue weighted by Crippen LogP contribution is -1.86. The minimum atomic E-state index is -0.186. The van der Waals surface area contributed by atoms with Crippen molar-refractivity contribution in [1.29, 1.82) is 0 Å². The Bertz CT molecular complexity index is 236. The Morgan fingerprint density at radius 2 is 1.20 bits per heavy atom. The van der Waals surface area contributed by atoms with E-state index in [9.17, 15) is 4.79 Å². The van der Waals surface area contributed by atoms with Gasteiger partial charge in [-0.25, -0.2) is 0 Å². The smallest absolute Gasteiger partial charge is 0.221 e. The molecule has 0 aliphatic carbocycles. The van der Waals surface area contributed by atoms with Gasteiger partial charge >= 0.3 is 0 Å². The molecule has 0 aromatic rings. The average Bonchev–Trinajstić information content (AvgIpc) is 2.43. The number of hydrogen-bond acceptors (Lipinski definition) is 1. The van der Waals surface area contributed by atoms with Crippen molar-refractivity contribution in [3.63, 3.8) is 0 Å². The average molecular weight is 301 g/mol. The maximum absolute atomic E-state index is 10.5. The molecule has 0 aliphatic rings. The van der Waals surface area contributed by atoms with Crippen molar-refractivity contribution in [3.05, 3.63) is 12.2 Å². The van der Waals surface area contributed by atoms with Crippen molar-refractivity contribution in [2.45, 2.75) is 96.8 Å². The van der Waals surface area contributed by atoms with E-state index in [1.807, 2.05) is 0 Å². The van der Waals surface area contributed by atoms with Crippen LogP contribution in [-0.4, -0.2) is 5.24 Å². The highest BCUT2D eigenvalue weighted by Gasteiger charge is 1.96. The Kier molecular flexibility index (Phi) is 16.5. The first-order chi connectivity index (χ1) is 9.77. The van der Waals surface area contributed by atoms with Crippen LogP contribution in [0.25, 0.3) is 0 Å². The molecule has 0 aromatic heterocycles. The summed E-state index contributed by atoms with van der Waals surface area (Å²) in [6, 6.07) is 0. The van der Waals surface area contributed by atoms with Crippen LogP contribution in [0.5, 0.6) is 0 Å². The lowest BCUT2D eigenvalue weighted by molar-refractivity contribution is -0.111. The minimum Gasteiger partial charge on any atom is -0.281 e. The van der Waals surface area contributed by atoms with Crippen molar-refractivity contribution in [1.82, 2.24) is 0 Å². The minimum absolute atomic E-state index is 0.186. The van der Waals surface area contributed by atoms with Gasteiger partial charge in [0.2, 0.25) is 5.24 Å². The summed E-state index contributed by atoms with van der Waals surface area (Å²) in [5, 5.41) is -0.186. The second kappa shape index (κ2) is 16.8. The van der Waals surface area contributed by atoms with Crippen molar-refractivity contribution >= 4 is 16.8 Å². The topological polar surface area (TPSA) is 17.1 Å². The third kappa shape index (κ3) is 17.7. The van der Waals surface area contributed by atoms with E-state index in [2.05, 4.69) is 19.1 Å². The molecule has 0 rings (SSSR count). The van der Waals surface area contributed by atoms with E-state index >= 15 is 0 Å². The monoisotopic (exact) mass is 300 g/mol. The number of rotatable bonds is 15. The third-order valence-corrected chi connectivity index (χ3v) is 3.81. The quantitative estimate of drug-likeness (QED) is 0.185. The van der Waals surface area contributed by atoms with Gasteiger partial charge in [-0.1, -0.05) is 76.9 Å². The Morgan fingerprint density at radius 3 is 1.70 bits per heavy atom. The molecule has 0 heterocycles. The Balaban J connectivity index is 3.01. The molecule has 0 aromatic carbocycles. The molecule has 0 unspecified atom stereocenters. The summed E-state index contributed by atoms with van der Waals surface area (Å²) in [6.45, 7) is 2.22. The number of hydrogen-bond donors (Lipinski definition) is 0. The number of halogens is 1. The highest BCUT2D eigenvalue weighted by atomic mass is 35.5. The molecule has 0 saturated carbocycles. The fraction of sp³-hybridized carbons (Fsp3) is 0.833. The zero-order valence-corrected chi connectivity index (χ0v) is 14.1. The Morgan fingerprint density at radius 1 is 0.750 bits per heavy atom. The molecule has 0 aliphatic heterocycles. The summed E-state index contributed by atoms with van der Waals surface area (Å²) in [6.07, 6.45) is 21.9. The third-order valence-electron chi connectivity index (χ3n) is 3.62. The van der Waals surface area contributed by atoms with Crippen LogP contribution in [0.1, 0.15) is 96.8 Å². The first-order valence-corrected chi connectivity index (χ1v) is 8.98. The lowest BCUT2D eigenvalue weighted by atomic mass is 10.1. The molecule has 2 heteroatoms. The van der Waals surface area contributed by atoms with Crippen molar-refractivity contribution < 1.29 is 4.79 Å². The van der Waals surface area contributed by atoms with E-state index in [1.54, 1.807) is 0 Å².